The van der Waals surface area contributed by atoms with Crippen LogP contribution in [0.15, 0.2) is 34.1 Å². The number of aromatic nitrogens is 1. The highest BCUT2D eigenvalue weighted by atomic mass is 32.2. The van der Waals surface area contributed by atoms with Crippen LogP contribution in [-0.4, -0.2) is 36.0 Å². The summed E-state index contributed by atoms with van der Waals surface area (Å²) in [7, 11) is -3.39. The van der Waals surface area contributed by atoms with E-state index in [1.807, 2.05) is 39.1 Å². The van der Waals surface area contributed by atoms with Crippen LogP contribution in [0.4, 0.5) is 0 Å². The first-order valence-corrected chi connectivity index (χ1v) is 12.4. The van der Waals surface area contributed by atoms with Crippen LogP contribution >= 0.6 is 31.1 Å². The minimum Gasteiger partial charge on any atom is -0.367 e. The average Bonchev–Trinajstić information content (AvgIpc) is 2.63. The van der Waals surface area contributed by atoms with E-state index in [2.05, 4.69) is 11.9 Å². The summed E-state index contributed by atoms with van der Waals surface area (Å²) in [4.78, 5) is 4.26. The number of hydrogen-bond acceptors (Lipinski definition) is 7. The van der Waals surface area contributed by atoms with E-state index in [9.17, 15) is 4.57 Å². The maximum absolute atomic E-state index is 13.7. The summed E-state index contributed by atoms with van der Waals surface area (Å²) < 4.78 is 32.1. The van der Waals surface area contributed by atoms with Crippen LogP contribution in [0.5, 0.6) is 0 Å². The van der Waals surface area contributed by atoms with Gasteiger partial charge in [-0.25, -0.2) is 0 Å². The summed E-state index contributed by atoms with van der Waals surface area (Å²) in [5.74, 6) is 0.780. The Hall–Kier alpha value is -0.300. The average molecular weight is 418 g/mol. The molecule has 1 aromatic heterocycles. The molecule has 5 nitrogen and oxygen atoms in total. The molecule has 26 heavy (non-hydrogen) atoms. The molecule has 2 heterocycles. The van der Waals surface area contributed by atoms with Gasteiger partial charge in [0.2, 0.25) is 0 Å². The largest absolute Gasteiger partial charge is 0.367 e. The first kappa shape index (κ1) is 22.0. The normalized spacial score (nSPS) is 21.2. The molecule has 8 heteroatoms. The molecule has 0 fully saturated rings. The summed E-state index contributed by atoms with van der Waals surface area (Å²) in [5, 5.41) is 0.766. The summed E-state index contributed by atoms with van der Waals surface area (Å²) in [6.45, 7) is 9.09. The van der Waals surface area contributed by atoms with Crippen molar-refractivity contribution < 1.29 is 18.3 Å². The third-order valence-electron chi connectivity index (χ3n) is 3.81. The van der Waals surface area contributed by atoms with Crippen molar-refractivity contribution in [3.63, 3.8) is 0 Å². The van der Waals surface area contributed by atoms with Crippen LogP contribution in [0.1, 0.15) is 45.6 Å². The van der Waals surface area contributed by atoms with Crippen LogP contribution in [0.3, 0.4) is 0 Å². The Morgan fingerprint density at radius 2 is 1.96 bits per heavy atom. The molecule has 0 spiro atoms. The summed E-state index contributed by atoms with van der Waals surface area (Å²) in [6, 6.07) is 3.93. The van der Waals surface area contributed by atoms with Gasteiger partial charge in [-0.3, -0.25) is 9.55 Å². The number of ether oxygens (including phenoxy) is 1. The second-order valence-electron chi connectivity index (χ2n) is 5.52. The van der Waals surface area contributed by atoms with E-state index in [1.165, 1.54) is 0 Å². The highest BCUT2D eigenvalue weighted by Crippen LogP contribution is 2.67. The first-order chi connectivity index (χ1) is 12.6. The van der Waals surface area contributed by atoms with E-state index >= 15 is 0 Å². The van der Waals surface area contributed by atoms with E-state index in [-0.39, 0.29) is 11.4 Å². The van der Waals surface area contributed by atoms with E-state index < -0.39 is 7.60 Å². The molecule has 0 amide bonds. The molecule has 1 aliphatic heterocycles. The van der Waals surface area contributed by atoms with Crippen LogP contribution in [0, 0.1) is 0 Å². The van der Waals surface area contributed by atoms with Gasteiger partial charge in [0.1, 0.15) is 5.44 Å². The second-order valence-corrected chi connectivity index (χ2v) is 10.2. The molecule has 0 aliphatic carbocycles. The fraction of sp³-hybridized carbons (Fsp3) is 0.611. The monoisotopic (exact) mass is 417 g/mol. The Balaban J connectivity index is 2.58. The van der Waals surface area contributed by atoms with E-state index in [1.54, 1.807) is 29.7 Å². The van der Waals surface area contributed by atoms with Crippen molar-refractivity contribution in [2.75, 3.05) is 25.6 Å². The summed E-state index contributed by atoms with van der Waals surface area (Å²) >= 11 is 3.31. The predicted molar refractivity (Wildman–Crippen MR) is 111 cm³/mol. The minimum atomic E-state index is -3.39. The van der Waals surface area contributed by atoms with Gasteiger partial charge in [0, 0.05) is 24.9 Å². The fourth-order valence-corrected chi connectivity index (χ4v) is 8.31. The minimum absolute atomic E-state index is 0.0136. The van der Waals surface area contributed by atoms with Gasteiger partial charge in [-0.05, 0) is 44.6 Å². The van der Waals surface area contributed by atoms with Crippen LogP contribution in [-0.2, 0) is 18.3 Å². The SMILES string of the molecule is CCO[C@@H]1C[C@H](c2cccnc2)C(P(=O)(OCC)OCC)=C(SCC)S1. The molecule has 146 valence electrons. The highest BCUT2D eigenvalue weighted by Gasteiger charge is 2.43. The van der Waals surface area contributed by atoms with Crippen molar-refractivity contribution in [1.82, 2.24) is 4.98 Å². The molecular weight excluding hydrogens is 389 g/mol. The zero-order valence-corrected chi connectivity index (χ0v) is 18.4. The Kier molecular flexibility index (Phi) is 9.21. The second kappa shape index (κ2) is 10.9. The Labute approximate surface area is 165 Å². The molecule has 0 radical (unpaired) electrons. The van der Waals surface area contributed by atoms with Gasteiger partial charge in [0.05, 0.1) is 22.8 Å². The molecule has 2 atom stereocenters. The fourth-order valence-electron chi connectivity index (χ4n) is 2.90. The van der Waals surface area contributed by atoms with Crippen molar-refractivity contribution >= 4 is 31.1 Å². The quantitative estimate of drug-likeness (QED) is 0.442. The van der Waals surface area contributed by atoms with Gasteiger partial charge in [-0.15, -0.1) is 11.8 Å². The van der Waals surface area contributed by atoms with Crippen LogP contribution in [0.2, 0.25) is 0 Å². The topological polar surface area (TPSA) is 57.7 Å². The molecule has 0 N–H and O–H groups in total. The maximum atomic E-state index is 13.7. The highest BCUT2D eigenvalue weighted by molar-refractivity contribution is 8.22. The lowest BCUT2D eigenvalue weighted by Crippen LogP contribution is -2.21. The molecule has 1 aliphatic rings. The molecule has 1 aromatic rings. The number of allylic oxidation sites excluding steroid dienone is 1. The van der Waals surface area contributed by atoms with Gasteiger partial charge in [-0.2, -0.15) is 0 Å². The van der Waals surface area contributed by atoms with E-state index in [0.29, 0.717) is 19.8 Å². The van der Waals surface area contributed by atoms with Crippen molar-refractivity contribution in [1.29, 1.82) is 0 Å². The Bertz CT molecular complexity index is 631. The van der Waals surface area contributed by atoms with Crippen molar-refractivity contribution in [3.8, 4) is 0 Å². The van der Waals surface area contributed by atoms with E-state index in [4.69, 9.17) is 13.8 Å². The third-order valence-corrected chi connectivity index (χ3v) is 8.88. The van der Waals surface area contributed by atoms with Gasteiger partial charge in [-0.1, -0.05) is 24.8 Å². The predicted octanol–water partition coefficient (Wildman–Crippen LogP) is 5.85. The Morgan fingerprint density at radius 3 is 2.50 bits per heavy atom. The lowest BCUT2D eigenvalue weighted by molar-refractivity contribution is 0.115. The van der Waals surface area contributed by atoms with Crippen molar-refractivity contribution in [3.05, 3.63) is 39.6 Å². The number of hydrogen-bond donors (Lipinski definition) is 0. The zero-order chi connectivity index (χ0) is 19.0. The van der Waals surface area contributed by atoms with Gasteiger partial charge < -0.3 is 13.8 Å². The number of rotatable bonds is 10. The summed E-state index contributed by atoms with van der Waals surface area (Å²) in [6.07, 6.45) is 4.30. The molecule has 2 rings (SSSR count). The lowest BCUT2D eigenvalue weighted by Gasteiger charge is -2.35. The van der Waals surface area contributed by atoms with Crippen LogP contribution in [0.25, 0.3) is 0 Å². The van der Waals surface area contributed by atoms with Crippen LogP contribution < -0.4 is 0 Å². The van der Waals surface area contributed by atoms with Crippen molar-refractivity contribution in [2.24, 2.45) is 0 Å². The summed E-state index contributed by atoms with van der Waals surface area (Å²) in [5.41, 5.74) is 1.03. The van der Waals surface area contributed by atoms with Gasteiger partial charge in [0.25, 0.3) is 0 Å². The van der Waals surface area contributed by atoms with E-state index in [0.717, 1.165) is 27.3 Å². The molecule has 0 saturated heterocycles. The third kappa shape index (κ3) is 5.37. The molecule has 0 aromatic carbocycles. The zero-order valence-electron chi connectivity index (χ0n) is 15.8. The standard InChI is InChI=1S/C18H28NO4PS2/c1-5-21-16-12-15(14-10-9-11-19-13-14)17(18(26-16)25-8-4)24(20,22-6-2)23-7-3/h9-11,13,15-16H,5-8,12H2,1-4H3/t15-,16+/m1/s1. The van der Waals surface area contributed by atoms with Gasteiger partial charge >= 0.3 is 7.60 Å². The molecular formula is C18H28NO4PS2. The first-order valence-electron chi connectivity index (χ1n) is 9.04. The number of thioether (sulfide) groups is 2. The lowest BCUT2D eigenvalue weighted by atomic mass is 9.97. The molecule has 0 saturated carbocycles. The van der Waals surface area contributed by atoms with Gasteiger partial charge in [0.15, 0.2) is 0 Å². The maximum Gasteiger partial charge on any atom is 0.359 e. The molecule has 0 bridgehead atoms. The smallest absolute Gasteiger partial charge is 0.359 e. The Morgan fingerprint density at radius 1 is 1.23 bits per heavy atom. The molecule has 0 unspecified atom stereocenters. The van der Waals surface area contributed by atoms with Crippen molar-refractivity contribution in [2.45, 2.75) is 45.5 Å². The number of nitrogens with zero attached hydrogens (tertiary/aromatic N) is 1. The number of pyridine rings is 1.